The van der Waals surface area contributed by atoms with Crippen molar-refractivity contribution in [3.05, 3.63) is 17.8 Å². The van der Waals surface area contributed by atoms with Crippen LogP contribution in [0.3, 0.4) is 0 Å². The summed E-state index contributed by atoms with van der Waals surface area (Å²) in [6.45, 7) is 0. The molecule has 1 saturated carbocycles. The van der Waals surface area contributed by atoms with Crippen LogP contribution in [0, 0.1) is 0 Å². The molecule has 1 aromatic rings. The number of nitrogens with zero attached hydrogens (tertiary/aromatic N) is 2. The molecule has 6 nitrogen and oxygen atoms in total. The summed E-state index contributed by atoms with van der Waals surface area (Å²) in [5.41, 5.74) is 0.184. The Morgan fingerprint density at radius 2 is 2.11 bits per heavy atom. The van der Waals surface area contributed by atoms with Gasteiger partial charge >= 0.3 is 5.97 Å². The molecule has 0 amide bonds. The van der Waals surface area contributed by atoms with E-state index in [4.69, 9.17) is 4.74 Å². The molecule has 0 spiro atoms. The number of rotatable bonds is 4. The molecule has 6 heteroatoms. The molecular formula is C13H19N3O3. The number of aromatic nitrogens is 2. The molecule has 2 unspecified atom stereocenters. The minimum atomic E-state index is -0.496. The fraction of sp³-hybridized carbons (Fsp3) is 0.615. The number of hydrogen-bond donors (Lipinski definition) is 1. The summed E-state index contributed by atoms with van der Waals surface area (Å²) in [6.07, 6.45) is 4.60. The zero-order chi connectivity index (χ0) is 13.7. The molecule has 19 heavy (non-hydrogen) atoms. The Kier molecular flexibility index (Phi) is 4.68. The molecule has 1 heterocycles. The van der Waals surface area contributed by atoms with Crippen molar-refractivity contribution in [2.24, 2.45) is 0 Å². The quantitative estimate of drug-likeness (QED) is 0.824. The van der Waals surface area contributed by atoms with E-state index >= 15 is 0 Å². The van der Waals surface area contributed by atoms with Gasteiger partial charge in [0.15, 0.2) is 5.69 Å². The number of carbonyl (C=O) groups excluding carboxylic acids is 1. The highest BCUT2D eigenvalue weighted by Gasteiger charge is 2.25. The van der Waals surface area contributed by atoms with Gasteiger partial charge in [0.1, 0.15) is 6.10 Å². The van der Waals surface area contributed by atoms with Crippen molar-refractivity contribution in [1.82, 2.24) is 15.5 Å². The summed E-state index contributed by atoms with van der Waals surface area (Å²) in [7, 11) is 3.26. The van der Waals surface area contributed by atoms with Gasteiger partial charge in [-0.25, -0.2) is 4.79 Å². The van der Waals surface area contributed by atoms with Crippen LogP contribution in [0.1, 0.15) is 36.2 Å². The number of likely N-dealkylation sites (N-methyl/N-ethyl adjacent to an activating group) is 1. The summed E-state index contributed by atoms with van der Waals surface area (Å²) < 4.78 is 10.4. The highest BCUT2D eigenvalue weighted by molar-refractivity contribution is 5.86. The van der Waals surface area contributed by atoms with E-state index in [1.165, 1.54) is 13.5 Å². The predicted molar refractivity (Wildman–Crippen MR) is 69.1 cm³/mol. The van der Waals surface area contributed by atoms with Gasteiger partial charge in [0.25, 0.3) is 0 Å². The van der Waals surface area contributed by atoms with E-state index in [-0.39, 0.29) is 11.8 Å². The average Bonchev–Trinajstić information content (AvgIpc) is 2.48. The van der Waals surface area contributed by atoms with Crippen molar-refractivity contribution in [3.63, 3.8) is 0 Å². The second kappa shape index (κ2) is 6.47. The van der Waals surface area contributed by atoms with Gasteiger partial charge in [-0.2, -0.15) is 0 Å². The SMILES string of the molecule is CNC1CCCCC1Oc1ccc(C(=O)OC)nn1. The molecule has 1 aliphatic rings. The Balaban J connectivity index is 2.00. The smallest absolute Gasteiger partial charge is 0.358 e. The summed E-state index contributed by atoms with van der Waals surface area (Å²) in [5.74, 6) is -0.0513. The number of esters is 1. The van der Waals surface area contributed by atoms with Crippen molar-refractivity contribution in [3.8, 4) is 5.88 Å². The maximum atomic E-state index is 11.2. The summed E-state index contributed by atoms with van der Waals surface area (Å²) in [4.78, 5) is 11.2. The van der Waals surface area contributed by atoms with Gasteiger partial charge in [0.2, 0.25) is 5.88 Å². The summed E-state index contributed by atoms with van der Waals surface area (Å²) in [6, 6.07) is 3.56. The van der Waals surface area contributed by atoms with Crippen LogP contribution in [-0.2, 0) is 4.74 Å². The van der Waals surface area contributed by atoms with E-state index in [9.17, 15) is 4.79 Å². The maximum absolute atomic E-state index is 11.2. The number of carbonyl (C=O) groups is 1. The summed E-state index contributed by atoms with van der Waals surface area (Å²) >= 11 is 0. The van der Waals surface area contributed by atoms with E-state index in [2.05, 4.69) is 20.3 Å². The molecule has 1 fully saturated rings. The van der Waals surface area contributed by atoms with Gasteiger partial charge in [-0.3, -0.25) is 0 Å². The third kappa shape index (κ3) is 3.41. The molecule has 104 valence electrons. The van der Waals surface area contributed by atoms with E-state index in [0.717, 1.165) is 19.3 Å². The lowest BCUT2D eigenvalue weighted by molar-refractivity contribution is 0.0591. The van der Waals surface area contributed by atoms with Crippen molar-refractivity contribution in [2.75, 3.05) is 14.2 Å². The first kappa shape index (κ1) is 13.7. The largest absolute Gasteiger partial charge is 0.472 e. The van der Waals surface area contributed by atoms with Crippen LogP contribution in [0.4, 0.5) is 0 Å². The lowest BCUT2D eigenvalue weighted by Gasteiger charge is -2.30. The van der Waals surface area contributed by atoms with Crippen LogP contribution in [-0.4, -0.2) is 42.5 Å². The lowest BCUT2D eigenvalue weighted by Crippen LogP contribution is -2.43. The fourth-order valence-electron chi connectivity index (χ4n) is 2.32. The monoisotopic (exact) mass is 265 g/mol. The first-order chi connectivity index (χ1) is 9.24. The zero-order valence-electron chi connectivity index (χ0n) is 11.3. The molecule has 1 aromatic heterocycles. The Morgan fingerprint density at radius 3 is 2.74 bits per heavy atom. The topological polar surface area (TPSA) is 73.3 Å². The zero-order valence-corrected chi connectivity index (χ0v) is 11.3. The number of ether oxygens (including phenoxy) is 2. The van der Waals surface area contributed by atoms with Gasteiger partial charge in [0, 0.05) is 12.1 Å². The van der Waals surface area contributed by atoms with Crippen molar-refractivity contribution in [1.29, 1.82) is 0 Å². The van der Waals surface area contributed by atoms with Gasteiger partial charge in [-0.05, 0) is 32.4 Å². The van der Waals surface area contributed by atoms with E-state index < -0.39 is 5.97 Å². The number of nitrogens with one attached hydrogen (secondary N) is 1. The summed E-state index contributed by atoms with van der Waals surface area (Å²) in [5, 5.41) is 11.0. The van der Waals surface area contributed by atoms with Crippen LogP contribution < -0.4 is 10.1 Å². The molecule has 2 atom stereocenters. The van der Waals surface area contributed by atoms with E-state index in [0.29, 0.717) is 11.9 Å². The molecular weight excluding hydrogens is 246 g/mol. The highest BCUT2D eigenvalue weighted by atomic mass is 16.5. The van der Waals surface area contributed by atoms with Crippen LogP contribution in [0.15, 0.2) is 12.1 Å². The van der Waals surface area contributed by atoms with Crippen LogP contribution in [0.25, 0.3) is 0 Å². The molecule has 2 rings (SSSR count). The highest BCUT2D eigenvalue weighted by Crippen LogP contribution is 2.22. The first-order valence-corrected chi connectivity index (χ1v) is 6.50. The third-order valence-electron chi connectivity index (χ3n) is 3.38. The van der Waals surface area contributed by atoms with Crippen molar-refractivity contribution < 1.29 is 14.3 Å². The third-order valence-corrected chi connectivity index (χ3v) is 3.38. The Labute approximate surface area is 112 Å². The Morgan fingerprint density at radius 1 is 1.32 bits per heavy atom. The number of hydrogen-bond acceptors (Lipinski definition) is 6. The molecule has 0 radical (unpaired) electrons. The van der Waals surface area contributed by atoms with Gasteiger partial charge in [-0.1, -0.05) is 6.42 Å². The molecule has 1 N–H and O–H groups in total. The molecule has 0 saturated heterocycles. The van der Waals surface area contributed by atoms with Gasteiger partial charge in [-0.15, -0.1) is 10.2 Å². The molecule has 0 aliphatic heterocycles. The number of methoxy groups -OCH3 is 1. The Hall–Kier alpha value is -1.69. The first-order valence-electron chi connectivity index (χ1n) is 6.50. The molecule has 0 aromatic carbocycles. The van der Waals surface area contributed by atoms with E-state index in [1.807, 2.05) is 7.05 Å². The minimum Gasteiger partial charge on any atom is -0.472 e. The standard InChI is InChI=1S/C13H19N3O3/c1-14-9-5-3-4-6-11(9)19-12-8-7-10(15-16-12)13(17)18-2/h7-9,11,14H,3-6H2,1-2H3. The van der Waals surface area contributed by atoms with Crippen molar-refractivity contribution >= 4 is 5.97 Å². The second-order valence-corrected chi connectivity index (χ2v) is 4.58. The van der Waals surface area contributed by atoms with Gasteiger partial charge in [0.05, 0.1) is 7.11 Å². The lowest BCUT2D eigenvalue weighted by atomic mass is 9.92. The fourth-order valence-corrected chi connectivity index (χ4v) is 2.32. The Bertz CT molecular complexity index is 422. The van der Waals surface area contributed by atoms with Crippen LogP contribution >= 0.6 is 0 Å². The minimum absolute atomic E-state index is 0.108. The normalized spacial score (nSPS) is 22.8. The maximum Gasteiger partial charge on any atom is 0.358 e. The average molecular weight is 265 g/mol. The predicted octanol–water partition coefficient (Wildman–Crippen LogP) is 1.17. The molecule has 0 bridgehead atoms. The van der Waals surface area contributed by atoms with Crippen LogP contribution in [0.5, 0.6) is 5.88 Å². The molecule has 1 aliphatic carbocycles. The second-order valence-electron chi connectivity index (χ2n) is 4.58. The van der Waals surface area contributed by atoms with Gasteiger partial charge < -0.3 is 14.8 Å². The van der Waals surface area contributed by atoms with Crippen LogP contribution in [0.2, 0.25) is 0 Å². The van der Waals surface area contributed by atoms with E-state index in [1.54, 1.807) is 12.1 Å². The van der Waals surface area contributed by atoms with Crippen molar-refractivity contribution in [2.45, 2.75) is 37.8 Å².